The second kappa shape index (κ2) is 7.51. The van der Waals surface area contributed by atoms with Gasteiger partial charge >= 0.3 is 0 Å². The van der Waals surface area contributed by atoms with Crippen LogP contribution in [0.25, 0.3) is 11.3 Å². The zero-order valence-electron chi connectivity index (χ0n) is 17.7. The molecule has 1 saturated heterocycles. The number of amides is 1. The van der Waals surface area contributed by atoms with E-state index in [1.54, 1.807) is 11.8 Å². The van der Waals surface area contributed by atoms with E-state index in [4.69, 9.17) is 0 Å². The van der Waals surface area contributed by atoms with Gasteiger partial charge in [0.05, 0.1) is 5.69 Å². The fourth-order valence-corrected chi connectivity index (χ4v) is 5.60. The summed E-state index contributed by atoms with van der Waals surface area (Å²) in [6.45, 7) is 7.48. The molecule has 6 heteroatoms. The summed E-state index contributed by atoms with van der Waals surface area (Å²) in [5, 5.41) is 4.67. The molecule has 0 spiro atoms. The summed E-state index contributed by atoms with van der Waals surface area (Å²) in [4.78, 5) is 19.0. The SMILES string of the molecule is Cc1cccc(N2CCN(C(=O)c3nn(C)c4c3CSc3ccccc3-4)CC2)c1C. The van der Waals surface area contributed by atoms with Crippen molar-refractivity contribution in [1.29, 1.82) is 0 Å². The molecule has 0 aliphatic carbocycles. The highest BCUT2D eigenvalue weighted by atomic mass is 32.2. The van der Waals surface area contributed by atoms with Crippen LogP contribution in [0.1, 0.15) is 27.2 Å². The van der Waals surface area contributed by atoms with Crippen molar-refractivity contribution in [3.63, 3.8) is 0 Å². The average molecular weight is 419 g/mol. The largest absolute Gasteiger partial charge is 0.368 e. The van der Waals surface area contributed by atoms with Gasteiger partial charge in [0.15, 0.2) is 5.69 Å². The molecule has 5 nitrogen and oxygen atoms in total. The summed E-state index contributed by atoms with van der Waals surface area (Å²) in [5.74, 6) is 0.858. The molecule has 1 fully saturated rings. The van der Waals surface area contributed by atoms with Gasteiger partial charge in [0.25, 0.3) is 5.91 Å². The number of thioether (sulfide) groups is 1. The standard InChI is InChI=1S/C24H26N4OS/c1-16-7-6-9-20(17(16)2)27-11-13-28(14-12-27)24(29)22-19-15-30-21-10-5-4-8-18(21)23(19)26(3)25-22/h4-10H,11-15H2,1-3H3. The number of hydrogen-bond donors (Lipinski definition) is 0. The minimum Gasteiger partial charge on any atom is -0.368 e. The first kappa shape index (κ1) is 19.2. The Kier molecular flexibility index (Phi) is 4.82. The highest BCUT2D eigenvalue weighted by Gasteiger charge is 2.31. The van der Waals surface area contributed by atoms with Crippen LogP contribution in [-0.2, 0) is 12.8 Å². The molecule has 2 aliphatic rings. The van der Waals surface area contributed by atoms with Crippen LogP contribution in [0.15, 0.2) is 47.4 Å². The number of aryl methyl sites for hydroxylation is 2. The van der Waals surface area contributed by atoms with Crippen molar-refractivity contribution in [1.82, 2.24) is 14.7 Å². The number of fused-ring (bicyclic) bond motifs is 3. The summed E-state index contributed by atoms with van der Waals surface area (Å²) in [6.07, 6.45) is 0. The van der Waals surface area contributed by atoms with Gasteiger partial charge in [-0.3, -0.25) is 9.48 Å². The first-order valence-corrected chi connectivity index (χ1v) is 11.4. The highest BCUT2D eigenvalue weighted by Crippen LogP contribution is 2.42. The molecule has 0 unspecified atom stereocenters. The van der Waals surface area contributed by atoms with Crippen molar-refractivity contribution in [3.05, 3.63) is 64.8 Å². The van der Waals surface area contributed by atoms with Gasteiger partial charge in [-0.25, -0.2) is 0 Å². The Morgan fingerprint density at radius 2 is 1.77 bits per heavy atom. The lowest BCUT2D eigenvalue weighted by Crippen LogP contribution is -2.49. The van der Waals surface area contributed by atoms with Gasteiger partial charge in [-0.15, -0.1) is 11.8 Å². The van der Waals surface area contributed by atoms with Crippen LogP contribution in [-0.4, -0.2) is 46.8 Å². The van der Waals surface area contributed by atoms with E-state index < -0.39 is 0 Å². The van der Waals surface area contributed by atoms with Crippen LogP contribution in [0, 0.1) is 13.8 Å². The molecule has 2 aromatic carbocycles. The van der Waals surface area contributed by atoms with E-state index >= 15 is 0 Å². The fraction of sp³-hybridized carbons (Fsp3) is 0.333. The highest BCUT2D eigenvalue weighted by molar-refractivity contribution is 7.98. The predicted molar refractivity (Wildman–Crippen MR) is 122 cm³/mol. The zero-order valence-corrected chi connectivity index (χ0v) is 18.5. The van der Waals surface area contributed by atoms with Crippen LogP contribution in [0.2, 0.25) is 0 Å². The van der Waals surface area contributed by atoms with E-state index in [9.17, 15) is 4.79 Å². The molecule has 1 amide bonds. The zero-order chi connectivity index (χ0) is 20.8. The maximum absolute atomic E-state index is 13.4. The van der Waals surface area contributed by atoms with Crippen LogP contribution in [0.5, 0.6) is 0 Å². The number of benzene rings is 2. The van der Waals surface area contributed by atoms with Crippen molar-refractivity contribution in [2.24, 2.45) is 7.05 Å². The quantitative estimate of drug-likeness (QED) is 0.623. The lowest BCUT2D eigenvalue weighted by atomic mass is 10.0. The molecule has 0 saturated carbocycles. The number of hydrogen-bond acceptors (Lipinski definition) is 4. The van der Waals surface area contributed by atoms with E-state index in [1.807, 2.05) is 16.6 Å². The maximum atomic E-state index is 13.4. The third-order valence-corrected chi connectivity index (χ3v) is 7.45. The van der Waals surface area contributed by atoms with Crippen molar-refractivity contribution in [2.45, 2.75) is 24.5 Å². The first-order chi connectivity index (χ1) is 14.5. The third-order valence-electron chi connectivity index (χ3n) is 6.35. The predicted octanol–water partition coefficient (Wildman–Crippen LogP) is 4.27. The second-order valence-electron chi connectivity index (χ2n) is 8.08. The second-order valence-corrected chi connectivity index (χ2v) is 9.10. The molecule has 5 rings (SSSR count). The molecular weight excluding hydrogens is 392 g/mol. The van der Waals surface area contributed by atoms with Gasteiger partial charge in [-0.1, -0.05) is 30.3 Å². The molecule has 0 bridgehead atoms. The summed E-state index contributed by atoms with van der Waals surface area (Å²) >= 11 is 1.79. The third kappa shape index (κ3) is 3.10. The summed E-state index contributed by atoms with van der Waals surface area (Å²) in [7, 11) is 1.95. The molecule has 30 heavy (non-hydrogen) atoms. The number of anilines is 1. The Morgan fingerprint density at radius 1 is 1.00 bits per heavy atom. The van der Waals surface area contributed by atoms with Crippen LogP contribution < -0.4 is 4.90 Å². The number of carbonyl (C=O) groups excluding carboxylic acids is 1. The Labute approximate surface area is 181 Å². The molecule has 154 valence electrons. The van der Waals surface area contributed by atoms with Gasteiger partial charge in [0.1, 0.15) is 0 Å². The maximum Gasteiger partial charge on any atom is 0.274 e. The van der Waals surface area contributed by atoms with Gasteiger partial charge in [0.2, 0.25) is 0 Å². The Hall–Kier alpha value is -2.73. The number of aromatic nitrogens is 2. The molecular formula is C24H26N4OS. The fourth-order valence-electron chi connectivity index (χ4n) is 4.53. The van der Waals surface area contributed by atoms with Gasteiger partial charge in [-0.2, -0.15) is 5.10 Å². The molecule has 3 heterocycles. The summed E-state index contributed by atoms with van der Waals surface area (Å²) < 4.78 is 1.88. The van der Waals surface area contributed by atoms with E-state index in [2.05, 4.69) is 66.3 Å². The Bertz CT molecular complexity index is 1130. The molecule has 3 aromatic rings. The minimum atomic E-state index is 0.0624. The number of nitrogens with zero attached hydrogens (tertiary/aromatic N) is 4. The number of carbonyl (C=O) groups is 1. The molecule has 2 aliphatic heterocycles. The van der Waals surface area contributed by atoms with Crippen molar-refractivity contribution < 1.29 is 4.79 Å². The summed E-state index contributed by atoms with van der Waals surface area (Å²) in [6, 6.07) is 14.8. The molecule has 1 aromatic heterocycles. The van der Waals surface area contributed by atoms with E-state index in [-0.39, 0.29) is 5.91 Å². The van der Waals surface area contributed by atoms with Crippen molar-refractivity contribution in [3.8, 4) is 11.3 Å². The molecule has 0 radical (unpaired) electrons. The van der Waals surface area contributed by atoms with Gasteiger partial charge in [0, 0.05) is 60.7 Å². The Balaban J connectivity index is 1.37. The van der Waals surface area contributed by atoms with Gasteiger partial charge in [-0.05, 0) is 37.1 Å². The number of rotatable bonds is 2. The normalized spacial score (nSPS) is 15.7. The lowest BCUT2D eigenvalue weighted by Gasteiger charge is -2.37. The topological polar surface area (TPSA) is 41.4 Å². The van der Waals surface area contributed by atoms with E-state index in [0.29, 0.717) is 5.69 Å². The monoisotopic (exact) mass is 418 g/mol. The molecule has 0 atom stereocenters. The first-order valence-electron chi connectivity index (χ1n) is 10.4. The molecule has 0 N–H and O–H groups in total. The van der Waals surface area contributed by atoms with Crippen LogP contribution in [0.4, 0.5) is 5.69 Å². The summed E-state index contributed by atoms with van der Waals surface area (Å²) in [5.41, 5.74) is 7.87. The van der Waals surface area contributed by atoms with Crippen LogP contribution >= 0.6 is 11.8 Å². The average Bonchev–Trinajstić information content (AvgIpc) is 3.12. The van der Waals surface area contributed by atoms with Gasteiger partial charge < -0.3 is 9.80 Å². The smallest absolute Gasteiger partial charge is 0.274 e. The van der Waals surface area contributed by atoms with Crippen molar-refractivity contribution >= 4 is 23.4 Å². The van der Waals surface area contributed by atoms with E-state index in [0.717, 1.165) is 43.2 Å². The minimum absolute atomic E-state index is 0.0624. The van der Waals surface area contributed by atoms with Crippen LogP contribution in [0.3, 0.4) is 0 Å². The number of piperazine rings is 1. The Morgan fingerprint density at radius 3 is 2.57 bits per heavy atom. The van der Waals surface area contributed by atoms with Crippen molar-refractivity contribution in [2.75, 3.05) is 31.1 Å². The lowest BCUT2D eigenvalue weighted by molar-refractivity contribution is 0.0739. The van der Waals surface area contributed by atoms with E-state index in [1.165, 1.54) is 27.3 Å².